The number of hydrogen-bond acceptors (Lipinski definition) is 4. The zero-order valence-corrected chi connectivity index (χ0v) is 11.9. The molecule has 3 N–H and O–H groups in total. The molecule has 0 amide bonds. The Morgan fingerprint density at radius 3 is 2.85 bits per heavy atom. The van der Waals surface area contributed by atoms with Gasteiger partial charge in [-0.3, -0.25) is 4.99 Å². The Hall–Kier alpha value is -1.95. The molecule has 0 radical (unpaired) electrons. The fourth-order valence-electron chi connectivity index (χ4n) is 2.06. The summed E-state index contributed by atoms with van der Waals surface area (Å²) >= 11 is 0. The summed E-state index contributed by atoms with van der Waals surface area (Å²) < 4.78 is 15.7. The summed E-state index contributed by atoms with van der Waals surface area (Å²) in [4.78, 5) is 4.33. The van der Waals surface area contributed by atoms with Gasteiger partial charge in [0.05, 0.1) is 20.8 Å². The fourth-order valence-corrected chi connectivity index (χ4v) is 2.06. The summed E-state index contributed by atoms with van der Waals surface area (Å²) in [5.41, 5.74) is 6.68. The quantitative estimate of drug-likeness (QED) is 0.630. The minimum Gasteiger partial charge on any atom is -0.493 e. The van der Waals surface area contributed by atoms with Crippen LogP contribution in [0, 0.1) is 5.92 Å². The summed E-state index contributed by atoms with van der Waals surface area (Å²) in [7, 11) is 3.20. The van der Waals surface area contributed by atoms with Crippen molar-refractivity contribution < 1.29 is 14.2 Å². The molecule has 0 aromatic heterocycles. The van der Waals surface area contributed by atoms with Gasteiger partial charge in [0.1, 0.15) is 0 Å². The van der Waals surface area contributed by atoms with Crippen LogP contribution in [0.3, 0.4) is 0 Å². The maximum absolute atomic E-state index is 5.87. The average molecular weight is 279 g/mol. The van der Waals surface area contributed by atoms with Crippen LogP contribution in [0.25, 0.3) is 0 Å². The smallest absolute Gasteiger partial charge is 0.193 e. The molecule has 2 rings (SSSR count). The number of benzene rings is 1. The lowest BCUT2D eigenvalue weighted by Crippen LogP contribution is -2.24. The van der Waals surface area contributed by atoms with E-state index in [1.807, 2.05) is 18.2 Å². The third-order valence-corrected chi connectivity index (χ3v) is 3.20. The van der Waals surface area contributed by atoms with E-state index in [0.29, 0.717) is 29.9 Å². The monoisotopic (exact) mass is 279 g/mol. The van der Waals surface area contributed by atoms with Gasteiger partial charge in [-0.1, -0.05) is 0 Å². The number of guanidine groups is 1. The third kappa shape index (κ3) is 3.77. The first-order valence-electron chi connectivity index (χ1n) is 6.59. The molecule has 6 nitrogen and oxygen atoms in total. The molecule has 1 atom stereocenters. The maximum Gasteiger partial charge on any atom is 0.193 e. The number of nitrogens with zero attached hydrogens (tertiary/aromatic N) is 1. The van der Waals surface area contributed by atoms with Gasteiger partial charge < -0.3 is 25.3 Å². The average Bonchev–Trinajstić information content (AvgIpc) is 2.98. The predicted molar refractivity (Wildman–Crippen MR) is 78.6 cm³/mol. The lowest BCUT2D eigenvalue weighted by molar-refractivity contribution is 0.187. The summed E-state index contributed by atoms with van der Waals surface area (Å²) in [6.07, 6.45) is 1.05. The summed E-state index contributed by atoms with van der Waals surface area (Å²) in [5.74, 6) is 2.19. The standard InChI is InChI=1S/C14H21N3O3/c1-18-12-4-3-11(7-13(12)19-2)17-14(15)16-8-10-5-6-20-9-10/h3-4,7,10H,5-6,8-9H2,1-2H3,(H3,15,16,17). The van der Waals surface area contributed by atoms with E-state index < -0.39 is 0 Å². The normalized spacial score (nSPS) is 18.9. The second-order valence-electron chi connectivity index (χ2n) is 4.65. The van der Waals surface area contributed by atoms with Crippen molar-refractivity contribution in [1.82, 2.24) is 0 Å². The number of hydrogen-bond donors (Lipinski definition) is 2. The van der Waals surface area contributed by atoms with E-state index in [4.69, 9.17) is 19.9 Å². The van der Waals surface area contributed by atoms with Gasteiger partial charge in [-0.05, 0) is 18.6 Å². The molecule has 1 aliphatic rings. The lowest BCUT2D eigenvalue weighted by atomic mass is 10.1. The maximum atomic E-state index is 5.87. The van der Waals surface area contributed by atoms with E-state index >= 15 is 0 Å². The fraction of sp³-hybridized carbons (Fsp3) is 0.500. The van der Waals surface area contributed by atoms with Crippen molar-refractivity contribution in [3.63, 3.8) is 0 Å². The van der Waals surface area contributed by atoms with Gasteiger partial charge in [0.2, 0.25) is 0 Å². The van der Waals surface area contributed by atoms with E-state index in [9.17, 15) is 0 Å². The van der Waals surface area contributed by atoms with Crippen LogP contribution in [0.2, 0.25) is 0 Å². The Balaban J connectivity index is 1.96. The van der Waals surface area contributed by atoms with Crippen molar-refractivity contribution in [3.05, 3.63) is 18.2 Å². The Morgan fingerprint density at radius 2 is 2.20 bits per heavy atom. The van der Waals surface area contributed by atoms with Crippen LogP contribution in [0.1, 0.15) is 6.42 Å². The number of rotatable bonds is 5. The number of nitrogens with two attached hydrogens (primary N) is 1. The van der Waals surface area contributed by atoms with Crippen molar-refractivity contribution >= 4 is 11.6 Å². The van der Waals surface area contributed by atoms with Crippen LogP contribution >= 0.6 is 0 Å². The molecule has 110 valence electrons. The molecular formula is C14H21N3O3. The van der Waals surface area contributed by atoms with Gasteiger partial charge in [0.25, 0.3) is 0 Å². The summed E-state index contributed by atoms with van der Waals surface area (Å²) in [5, 5.41) is 3.04. The molecule has 1 aromatic rings. The van der Waals surface area contributed by atoms with E-state index in [1.165, 1.54) is 0 Å². The molecule has 1 unspecified atom stereocenters. The molecule has 0 saturated carbocycles. The third-order valence-electron chi connectivity index (χ3n) is 3.20. The van der Waals surface area contributed by atoms with E-state index in [-0.39, 0.29) is 0 Å². The van der Waals surface area contributed by atoms with Gasteiger partial charge >= 0.3 is 0 Å². The molecule has 20 heavy (non-hydrogen) atoms. The van der Waals surface area contributed by atoms with Crippen molar-refractivity contribution in [3.8, 4) is 11.5 Å². The Labute approximate surface area is 118 Å². The first-order valence-corrected chi connectivity index (χ1v) is 6.59. The second kappa shape index (κ2) is 7.00. The lowest BCUT2D eigenvalue weighted by Gasteiger charge is -2.11. The highest BCUT2D eigenvalue weighted by atomic mass is 16.5. The highest BCUT2D eigenvalue weighted by Gasteiger charge is 2.14. The van der Waals surface area contributed by atoms with Crippen molar-refractivity contribution in [2.24, 2.45) is 16.6 Å². The van der Waals surface area contributed by atoms with Gasteiger partial charge in [-0.15, -0.1) is 0 Å². The Morgan fingerprint density at radius 1 is 1.40 bits per heavy atom. The molecule has 0 spiro atoms. The molecular weight excluding hydrogens is 258 g/mol. The zero-order chi connectivity index (χ0) is 14.4. The molecule has 1 heterocycles. The Kier molecular flexibility index (Phi) is 5.06. The van der Waals surface area contributed by atoms with Crippen molar-refractivity contribution in [2.75, 3.05) is 39.3 Å². The van der Waals surface area contributed by atoms with Crippen LogP contribution in [-0.4, -0.2) is 39.9 Å². The Bertz CT molecular complexity index is 471. The molecule has 1 aromatic carbocycles. The minimum absolute atomic E-state index is 0.393. The first-order chi connectivity index (χ1) is 9.72. The topological polar surface area (TPSA) is 78.1 Å². The van der Waals surface area contributed by atoms with E-state index in [2.05, 4.69) is 10.3 Å². The molecule has 1 fully saturated rings. The SMILES string of the molecule is COc1ccc(NC(N)=NCC2CCOC2)cc1OC. The molecule has 0 aliphatic carbocycles. The minimum atomic E-state index is 0.393. The van der Waals surface area contributed by atoms with Crippen LogP contribution < -0.4 is 20.5 Å². The van der Waals surface area contributed by atoms with Crippen LogP contribution in [0.5, 0.6) is 11.5 Å². The number of aliphatic imine (C=N–C) groups is 1. The van der Waals surface area contributed by atoms with E-state index in [0.717, 1.165) is 25.3 Å². The number of ether oxygens (including phenoxy) is 3. The largest absolute Gasteiger partial charge is 0.493 e. The van der Waals surface area contributed by atoms with Crippen molar-refractivity contribution in [1.29, 1.82) is 0 Å². The van der Waals surface area contributed by atoms with Crippen LogP contribution in [0.4, 0.5) is 5.69 Å². The highest BCUT2D eigenvalue weighted by Crippen LogP contribution is 2.29. The van der Waals surface area contributed by atoms with Crippen molar-refractivity contribution in [2.45, 2.75) is 6.42 Å². The molecule has 1 saturated heterocycles. The predicted octanol–water partition coefficient (Wildman–Crippen LogP) is 1.47. The molecule has 6 heteroatoms. The summed E-state index contributed by atoms with van der Waals surface area (Å²) in [6.45, 7) is 2.28. The zero-order valence-electron chi connectivity index (χ0n) is 11.9. The number of anilines is 1. The number of methoxy groups -OCH3 is 2. The molecule has 0 bridgehead atoms. The highest BCUT2D eigenvalue weighted by molar-refractivity contribution is 5.92. The van der Waals surface area contributed by atoms with Gasteiger partial charge in [0, 0.05) is 30.8 Å². The molecule has 1 aliphatic heterocycles. The second-order valence-corrected chi connectivity index (χ2v) is 4.65. The van der Waals surface area contributed by atoms with Crippen LogP contribution in [0.15, 0.2) is 23.2 Å². The van der Waals surface area contributed by atoms with Gasteiger partial charge in [-0.2, -0.15) is 0 Å². The van der Waals surface area contributed by atoms with Crippen LogP contribution in [-0.2, 0) is 4.74 Å². The van der Waals surface area contributed by atoms with E-state index in [1.54, 1.807) is 14.2 Å². The van der Waals surface area contributed by atoms with Gasteiger partial charge in [0.15, 0.2) is 17.5 Å². The summed E-state index contributed by atoms with van der Waals surface area (Å²) in [6, 6.07) is 5.50. The number of nitrogens with one attached hydrogen (secondary N) is 1. The van der Waals surface area contributed by atoms with Gasteiger partial charge in [-0.25, -0.2) is 0 Å². The first kappa shape index (κ1) is 14.5.